The molecule has 0 fully saturated rings. The third-order valence-electron chi connectivity index (χ3n) is 2.81. The van der Waals surface area contributed by atoms with Crippen LogP contribution in [-0.4, -0.2) is 19.8 Å². The van der Waals surface area contributed by atoms with Crippen molar-refractivity contribution >= 4 is 11.0 Å². The Morgan fingerprint density at radius 3 is 2.11 bits per heavy atom. The van der Waals surface area contributed by atoms with Gasteiger partial charge in [-0.15, -0.1) is 0 Å². The summed E-state index contributed by atoms with van der Waals surface area (Å²) in [5, 5.41) is 0.942. The van der Waals surface area contributed by atoms with Gasteiger partial charge in [0.05, 0.1) is 5.56 Å². The number of furan rings is 1. The van der Waals surface area contributed by atoms with Crippen molar-refractivity contribution in [1.29, 1.82) is 0 Å². The van der Waals surface area contributed by atoms with Crippen molar-refractivity contribution in [2.75, 3.05) is 19.8 Å². The highest BCUT2D eigenvalue weighted by Crippen LogP contribution is 2.35. The summed E-state index contributed by atoms with van der Waals surface area (Å²) in [6.07, 6.45) is 1.64. The van der Waals surface area contributed by atoms with Gasteiger partial charge in [0.1, 0.15) is 11.8 Å². The van der Waals surface area contributed by atoms with E-state index in [4.69, 9.17) is 18.6 Å². The van der Waals surface area contributed by atoms with Crippen molar-refractivity contribution in [3.63, 3.8) is 0 Å². The van der Waals surface area contributed by atoms with Crippen LogP contribution in [0.1, 0.15) is 26.3 Å². The van der Waals surface area contributed by atoms with Crippen molar-refractivity contribution in [3.8, 4) is 0 Å². The Bertz CT molecular complexity index is 501. The first-order valence-electron chi connectivity index (χ1n) is 6.66. The fourth-order valence-corrected chi connectivity index (χ4v) is 2.14. The molecule has 104 valence electrons. The van der Waals surface area contributed by atoms with E-state index in [1.165, 1.54) is 0 Å². The van der Waals surface area contributed by atoms with Crippen LogP contribution in [0.15, 0.2) is 34.9 Å². The quantitative estimate of drug-likeness (QED) is 0.716. The first kappa shape index (κ1) is 14.1. The van der Waals surface area contributed by atoms with Crippen molar-refractivity contribution in [3.05, 3.63) is 36.1 Å². The van der Waals surface area contributed by atoms with Gasteiger partial charge in [0.25, 0.3) is 0 Å². The van der Waals surface area contributed by atoms with Gasteiger partial charge in [-0.1, -0.05) is 18.2 Å². The van der Waals surface area contributed by atoms with Gasteiger partial charge in [-0.3, -0.25) is 0 Å². The lowest BCUT2D eigenvalue weighted by atomic mass is 10.1. The van der Waals surface area contributed by atoms with Gasteiger partial charge in [-0.2, -0.15) is 0 Å². The molecule has 4 heteroatoms. The topological polar surface area (TPSA) is 40.8 Å². The third kappa shape index (κ3) is 2.66. The predicted octanol–water partition coefficient (Wildman–Crippen LogP) is 3.65. The highest BCUT2D eigenvalue weighted by Gasteiger charge is 2.38. The lowest BCUT2D eigenvalue weighted by molar-refractivity contribution is -0.389. The van der Waals surface area contributed by atoms with E-state index in [0.717, 1.165) is 16.5 Å². The van der Waals surface area contributed by atoms with Gasteiger partial charge in [-0.25, -0.2) is 0 Å². The Hall–Kier alpha value is -1.36. The number of hydrogen-bond donors (Lipinski definition) is 0. The fourth-order valence-electron chi connectivity index (χ4n) is 2.14. The number of rotatable bonds is 7. The van der Waals surface area contributed by atoms with E-state index in [0.29, 0.717) is 19.8 Å². The molecular weight excluding hydrogens is 244 g/mol. The first-order valence-corrected chi connectivity index (χ1v) is 6.66. The van der Waals surface area contributed by atoms with Gasteiger partial charge < -0.3 is 18.6 Å². The van der Waals surface area contributed by atoms with Crippen molar-refractivity contribution < 1.29 is 18.6 Å². The van der Waals surface area contributed by atoms with Crippen LogP contribution in [0.25, 0.3) is 11.0 Å². The van der Waals surface area contributed by atoms with Gasteiger partial charge in [0, 0.05) is 25.2 Å². The fraction of sp³-hybridized carbons (Fsp3) is 0.467. The zero-order chi connectivity index (χ0) is 13.7. The Balaban J connectivity index is 2.52. The summed E-state index contributed by atoms with van der Waals surface area (Å²) in [5.41, 5.74) is 1.56. The minimum Gasteiger partial charge on any atom is -0.464 e. The minimum atomic E-state index is -1.19. The Morgan fingerprint density at radius 1 is 0.947 bits per heavy atom. The molecule has 0 aliphatic rings. The molecule has 0 aliphatic carbocycles. The molecule has 19 heavy (non-hydrogen) atoms. The van der Waals surface area contributed by atoms with Crippen LogP contribution < -0.4 is 0 Å². The molecule has 1 heterocycles. The van der Waals surface area contributed by atoms with Gasteiger partial charge >= 0.3 is 5.97 Å². The van der Waals surface area contributed by atoms with Crippen LogP contribution in [-0.2, 0) is 20.2 Å². The normalized spacial score (nSPS) is 12.2. The van der Waals surface area contributed by atoms with Crippen LogP contribution in [0.3, 0.4) is 0 Å². The van der Waals surface area contributed by atoms with E-state index < -0.39 is 5.97 Å². The standard InChI is InChI=1S/C15H20O4/c1-4-17-15(18-5-2,19-6-3)13-11-16-14-10-8-7-9-12(13)14/h7-11H,4-6H2,1-3H3. The maximum atomic E-state index is 5.76. The second-order valence-electron chi connectivity index (χ2n) is 4.00. The monoisotopic (exact) mass is 264 g/mol. The summed E-state index contributed by atoms with van der Waals surface area (Å²) >= 11 is 0. The zero-order valence-electron chi connectivity index (χ0n) is 11.6. The van der Waals surface area contributed by atoms with Crippen LogP contribution in [0.4, 0.5) is 0 Å². The smallest absolute Gasteiger partial charge is 0.315 e. The number of para-hydroxylation sites is 1. The molecule has 1 aromatic heterocycles. The SMILES string of the molecule is CCOC(OCC)(OCC)c1coc2ccccc12. The van der Waals surface area contributed by atoms with Gasteiger partial charge in [0.2, 0.25) is 0 Å². The lowest BCUT2D eigenvalue weighted by Crippen LogP contribution is -2.36. The highest BCUT2D eigenvalue weighted by atomic mass is 16.9. The van der Waals surface area contributed by atoms with Crippen LogP contribution in [0, 0.1) is 0 Å². The van der Waals surface area contributed by atoms with Crippen molar-refractivity contribution in [2.45, 2.75) is 26.7 Å². The maximum Gasteiger partial charge on any atom is 0.315 e. The largest absolute Gasteiger partial charge is 0.464 e. The number of hydrogen-bond acceptors (Lipinski definition) is 4. The third-order valence-corrected chi connectivity index (χ3v) is 2.81. The van der Waals surface area contributed by atoms with Gasteiger partial charge in [-0.05, 0) is 26.8 Å². The highest BCUT2D eigenvalue weighted by molar-refractivity contribution is 5.81. The van der Waals surface area contributed by atoms with E-state index in [9.17, 15) is 0 Å². The summed E-state index contributed by atoms with van der Waals surface area (Å²) in [5.74, 6) is -1.19. The Labute approximate surface area is 113 Å². The molecule has 0 unspecified atom stereocenters. The average Bonchev–Trinajstić information content (AvgIpc) is 2.84. The molecule has 0 spiro atoms. The molecule has 0 aliphatic heterocycles. The predicted molar refractivity (Wildman–Crippen MR) is 72.8 cm³/mol. The average molecular weight is 264 g/mol. The number of benzene rings is 1. The van der Waals surface area contributed by atoms with Crippen molar-refractivity contribution in [1.82, 2.24) is 0 Å². The van der Waals surface area contributed by atoms with E-state index in [1.54, 1.807) is 6.26 Å². The molecule has 0 atom stereocenters. The first-order chi connectivity index (χ1) is 9.27. The molecular formula is C15H20O4. The van der Waals surface area contributed by atoms with E-state index in [-0.39, 0.29) is 0 Å². The molecule has 0 radical (unpaired) electrons. The second kappa shape index (κ2) is 6.19. The summed E-state index contributed by atoms with van der Waals surface area (Å²) in [4.78, 5) is 0. The maximum absolute atomic E-state index is 5.76. The summed E-state index contributed by atoms with van der Waals surface area (Å²) in [6.45, 7) is 7.19. The second-order valence-corrected chi connectivity index (χ2v) is 4.00. The summed E-state index contributed by atoms with van der Waals surface area (Å²) in [7, 11) is 0. The Kier molecular flexibility index (Phi) is 4.58. The Morgan fingerprint density at radius 2 is 1.53 bits per heavy atom. The molecule has 0 saturated heterocycles. The summed E-state index contributed by atoms with van der Waals surface area (Å²) in [6, 6.07) is 7.77. The van der Waals surface area contributed by atoms with Crippen LogP contribution >= 0.6 is 0 Å². The van der Waals surface area contributed by atoms with E-state index >= 15 is 0 Å². The van der Waals surface area contributed by atoms with E-state index in [2.05, 4.69) is 0 Å². The molecule has 0 amide bonds. The molecule has 2 aromatic rings. The molecule has 0 N–H and O–H groups in total. The molecule has 0 bridgehead atoms. The van der Waals surface area contributed by atoms with Crippen LogP contribution in [0.2, 0.25) is 0 Å². The molecule has 4 nitrogen and oxygen atoms in total. The zero-order valence-corrected chi connectivity index (χ0v) is 11.6. The summed E-state index contributed by atoms with van der Waals surface area (Å²) < 4.78 is 22.8. The lowest BCUT2D eigenvalue weighted by Gasteiger charge is -2.31. The molecule has 2 rings (SSSR count). The van der Waals surface area contributed by atoms with Crippen molar-refractivity contribution in [2.24, 2.45) is 0 Å². The molecule has 1 aromatic carbocycles. The number of fused-ring (bicyclic) bond motifs is 1. The van der Waals surface area contributed by atoms with Crippen LogP contribution in [0.5, 0.6) is 0 Å². The van der Waals surface area contributed by atoms with Gasteiger partial charge in [0.15, 0.2) is 0 Å². The number of ether oxygens (including phenoxy) is 3. The minimum absolute atomic E-state index is 0.486. The molecule has 0 saturated carbocycles. The van der Waals surface area contributed by atoms with E-state index in [1.807, 2.05) is 45.0 Å².